The minimum atomic E-state index is -0.296. The summed E-state index contributed by atoms with van der Waals surface area (Å²) in [7, 11) is 0. The molecule has 24 heavy (non-hydrogen) atoms. The Morgan fingerprint density at radius 3 is 3.12 bits per heavy atom. The fraction of sp³-hybridized carbons (Fsp3) is 0.529. The van der Waals surface area contributed by atoms with Crippen LogP contribution in [-0.4, -0.2) is 55.8 Å². The first-order valence-corrected chi connectivity index (χ1v) is 8.29. The quantitative estimate of drug-likeness (QED) is 0.875. The van der Waals surface area contributed by atoms with Crippen molar-refractivity contribution in [2.75, 3.05) is 38.2 Å². The highest BCUT2D eigenvalue weighted by molar-refractivity contribution is 5.94. The lowest BCUT2D eigenvalue weighted by atomic mass is 10.2. The molecule has 3 amide bonds. The van der Waals surface area contributed by atoms with Crippen molar-refractivity contribution < 1.29 is 19.1 Å². The van der Waals surface area contributed by atoms with Crippen molar-refractivity contribution in [1.82, 2.24) is 10.2 Å². The van der Waals surface area contributed by atoms with Gasteiger partial charge in [0.25, 0.3) is 0 Å². The summed E-state index contributed by atoms with van der Waals surface area (Å²) in [4.78, 5) is 25.3. The van der Waals surface area contributed by atoms with Gasteiger partial charge in [0, 0.05) is 19.7 Å². The van der Waals surface area contributed by atoms with Crippen LogP contribution in [0.2, 0.25) is 0 Å². The Bertz CT molecular complexity index is 614. The number of nitrogens with zero attached hydrogens (tertiary/aromatic N) is 1. The molecule has 2 aliphatic rings. The number of piperazine rings is 1. The van der Waals surface area contributed by atoms with Crippen LogP contribution >= 0.6 is 0 Å². The van der Waals surface area contributed by atoms with Crippen LogP contribution in [0.3, 0.4) is 0 Å². The van der Waals surface area contributed by atoms with Gasteiger partial charge in [-0.1, -0.05) is 6.07 Å². The second-order valence-electron chi connectivity index (χ2n) is 6.15. The highest BCUT2D eigenvalue weighted by Crippen LogP contribution is 2.27. The van der Waals surface area contributed by atoms with Crippen molar-refractivity contribution in [1.29, 1.82) is 0 Å². The van der Waals surface area contributed by atoms with E-state index in [1.54, 1.807) is 0 Å². The Morgan fingerprint density at radius 2 is 2.38 bits per heavy atom. The molecule has 0 unspecified atom stereocenters. The van der Waals surface area contributed by atoms with Crippen LogP contribution in [0, 0.1) is 6.92 Å². The third-order valence-electron chi connectivity index (χ3n) is 4.15. The lowest BCUT2D eigenvalue weighted by Gasteiger charge is -2.27. The van der Waals surface area contributed by atoms with Gasteiger partial charge in [-0.2, -0.15) is 0 Å². The zero-order chi connectivity index (χ0) is 16.9. The molecular weight excluding hydrogens is 310 g/mol. The van der Waals surface area contributed by atoms with Crippen molar-refractivity contribution in [3.05, 3.63) is 23.8 Å². The Morgan fingerprint density at radius 1 is 1.50 bits per heavy atom. The number of amides is 3. The molecule has 0 aliphatic carbocycles. The zero-order valence-corrected chi connectivity index (χ0v) is 13.8. The Labute approximate surface area is 141 Å². The molecule has 7 nitrogen and oxygen atoms in total. The standard InChI is InChI=1S/C17H23N3O4/c1-12-4-5-14(15(9-12)24-11-13-3-2-8-23-13)19-17(22)20-7-6-18-16(21)10-20/h4-5,9,13H,2-3,6-8,10-11H2,1H3,(H,18,21)(H,19,22)/t13-/m1/s1. The number of rotatable bonds is 4. The van der Waals surface area contributed by atoms with Gasteiger partial charge in [0.2, 0.25) is 5.91 Å². The lowest BCUT2D eigenvalue weighted by molar-refractivity contribution is -0.123. The molecule has 0 aromatic heterocycles. The summed E-state index contributed by atoms with van der Waals surface area (Å²) in [6.45, 7) is 4.27. The SMILES string of the molecule is Cc1ccc(NC(=O)N2CCNC(=O)C2)c(OC[C@H]2CCCO2)c1. The van der Waals surface area contributed by atoms with Crippen molar-refractivity contribution in [3.63, 3.8) is 0 Å². The van der Waals surface area contributed by atoms with E-state index in [4.69, 9.17) is 9.47 Å². The summed E-state index contributed by atoms with van der Waals surface area (Å²) in [6, 6.07) is 5.34. The van der Waals surface area contributed by atoms with E-state index in [0.29, 0.717) is 31.1 Å². The molecule has 0 bridgehead atoms. The molecule has 2 aliphatic heterocycles. The van der Waals surface area contributed by atoms with E-state index in [1.807, 2.05) is 25.1 Å². The number of urea groups is 1. The third kappa shape index (κ3) is 4.17. The molecule has 1 atom stereocenters. The minimum Gasteiger partial charge on any atom is -0.489 e. The molecule has 0 saturated carbocycles. The van der Waals surface area contributed by atoms with Crippen LogP contribution in [-0.2, 0) is 9.53 Å². The monoisotopic (exact) mass is 333 g/mol. The Kier molecular flexibility index (Phi) is 5.20. The van der Waals surface area contributed by atoms with E-state index < -0.39 is 0 Å². The van der Waals surface area contributed by atoms with Crippen LogP contribution in [0.15, 0.2) is 18.2 Å². The van der Waals surface area contributed by atoms with E-state index in [0.717, 1.165) is 25.0 Å². The summed E-state index contributed by atoms with van der Waals surface area (Å²) < 4.78 is 11.4. The number of ether oxygens (including phenoxy) is 2. The van der Waals surface area contributed by atoms with Crippen molar-refractivity contribution in [3.8, 4) is 5.75 Å². The van der Waals surface area contributed by atoms with Crippen LogP contribution in [0.1, 0.15) is 18.4 Å². The van der Waals surface area contributed by atoms with Crippen LogP contribution in [0.4, 0.5) is 10.5 Å². The average molecular weight is 333 g/mol. The number of anilines is 1. The van der Waals surface area contributed by atoms with Crippen molar-refractivity contribution >= 4 is 17.6 Å². The predicted molar refractivity (Wildman–Crippen MR) is 89.2 cm³/mol. The number of nitrogens with one attached hydrogen (secondary N) is 2. The van der Waals surface area contributed by atoms with Crippen LogP contribution in [0.5, 0.6) is 5.75 Å². The van der Waals surface area contributed by atoms with Crippen LogP contribution in [0.25, 0.3) is 0 Å². The first-order valence-electron chi connectivity index (χ1n) is 8.29. The van der Waals surface area contributed by atoms with E-state index in [2.05, 4.69) is 10.6 Å². The minimum absolute atomic E-state index is 0.0732. The summed E-state index contributed by atoms with van der Waals surface area (Å²) in [5.41, 5.74) is 1.65. The van der Waals surface area contributed by atoms with Gasteiger partial charge < -0.3 is 25.0 Å². The van der Waals surface area contributed by atoms with E-state index in [1.165, 1.54) is 4.90 Å². The van der Waals surface area contributed by atoms with Gasteiger partial charge in [-0.25, -0.2) is 4.79 Å². The largest absolute Gasteiger partial charge is 0.489 e. The van der Waals surface area contributed by atoms with Gasteiger partial charge in [0.15, 0.2) is 0 Å². The summed E-state index contributed by atoms with van der Waals surface area (Å²) in [5, 5.41) is 5.55. The average Bonchev–Trinajstić information content (AvgIpc) is 3.08. The maximum atomic E-state index is 12.4. The number of hydrogen-bond donors (Lipinski definition) is 2. The molecule has 7 heteroatoms. The van der Waals surface area contributed by atoms with Gasteiger partial charge in [-0.05, 0) is 37.5 Å². The fourth-order valence-corrected chi connectivity index (χ4v) is 2.82. The highest BCUT2D eigenvalue weighted by atomic mass is 16.5. The van der Waals surface area contributed by atoms with Gasteiger partial charge in [-0.15, -0.1) is 0 Å². The van der Waals surface area contributed by atoms with Gasteiger partial charge in [-0.3, -0.25) is 4.79 Å². The molecule has 2 N–H and O–H groups in total. The maximum Gasteiger partial charge on any atom is 0.322 e. The first kappa shape index (κ1) is 16.6. The summed E-state index contributed by atoms with van der Waals surface area (Å²) in [5.74, 6) is 0.482. The van der Waals surface area contributed by atoms with Gasteiger partial charge in [0.05, 0.1) is 11.8 Å². The highest BCUT2D eigenvalue weighted by Gasteiger charge is 2.22. The number of carbonyl (C=O) groups excluding carboxylic acids is 2. The van der Waals surface area contributed by atoms with Gasteiger partial charge >= 0.3 is 6.03 Å². The van der Waals surface area contributed by atoms with Gasteiger partial charge in [0.1, 0.15) is 18.9 Å². The molecule has 2 saturated heterocycles. The summed E-state index contributed by atoms with van der Waals surface area (Å²) >= 11 is 0. The van der Waals surface area contributed by atoms with Crippen molar-refractivity contribution in [2.24, 2.45) is 0 Å². The molecular formula is C17H23N3O4. The second-order valence-corrected chi connectivity index (χ2v) is 6.15. The first-order chi connectivity index (χ1) is 11.6. The number of hydrogen-bond acceptors (Lipinski definition) is 4. The predicted octanol–water partition coefficient (Wildman–Crippen LogP) is 1.52. The molecule has 0 radical (unpaired) electrons. The molecule has 2 heterocycles. The molecule has 1 aromatic carbocycles. The summed E-state index contributed by atoms with van der Waals surface area (Å²) in [6.07, 6.45) is 2.17. The van der Waals surface area contributed by atoms with E-state index in [-0.39, 0.29) is 24.6 Å². The van der Waals surface area contributed by atoms with Crippen LogP contribution < -0.4 is 15.4 Å². The molecule has 130 valence electrons. The maximum absolute atomic E-state index is 12.4. The number of carbonyl (C=O) groups is 2. The molecule has 1 aromatic rings. The normalized spacial score (nSPS) is 20.6. The second kappa shape index (κ2) is 7.53. The van der Waals surface area contributed by atoms with Crippen molar-refractivity contribution in [2.45, 2.75) is 25.9 Å². The Hall–Kier alpha value is -2.28. The van der Waals surface area contributed by atoms with E-state index in [9.17, 15) is 9.59 Å². The number of benzene rings is 1. The zero-order valence-electron chi connectivity index (χ0n) is 13.8. The molecule has 2 fully saturated rings. The third-order valence-corrected chi connectivity index (χ3v) is 4.15. The van der Waals surface area contributed by atoms with E-state index >= 15 is 0 Å². The fourth-order valence-electron chi connectivity index (χ4n) is 2.82. The lowest BCUT2D eigenvalue weighted by Crippen LogP contribution is -2.51. The molecule has 0 spiro atoms. The smallest absolute Gasteiger partial charge is 0.322 e. The number of aryl methyl sites for hydroxylation is 1. The topological polar surface area (TPSA) is 79.9 Å². The Balaban J connectivity index is 1.65. The molecule has 3 rings (SSSR count).